The molecule has 0 aliphatic carbocycles. The van der Waals surface area contributed by atoms with Gasteiger partial charge in [-0.1, -0.05) is 22.4 Å². The molecule has 0 N–H and O–H groups in total. The van der Waals surface area contributed by atoms with Crippen LogP contribution in [0.15, 0.2) is 28.7 Å². The molecule has 2 saturated heterocycles. The van der Waals surface area contributed by atoms with Gasteiger partial charge in [0.1, 0.15) is 0 Å². The van der Waals surface area contributed by atoms with Crippen molar-refractivity contribution in [2.75, 3.05) is 11.4 Å². The summed E-state index contributed by atoms with van der Waals surface area (Å²) in [5, 5.41) is 0. The number of likely N-dealkylation sites (tertiary alicyclic amines) is 1. The van der Waals surface area contributed by atoms with Gasteiger partial charge in [-0.25, -0.2) is 4.90 Å². The van der Waals surface area contributed by atoms with Crippen LogP contribution >= 0.6 is 15.9 Å². The SMILES string of the molecule is C[C@@H]1CCCCN1[C@H]1CC(=O)N(c2ccc(Br)cc2)C1=O. The number of piperidine rings is 1. The largest absolute Gasteiger partial charge is 0.289 e. The molecule has 0 saturated carbocycles. The van der Waals surface area contributed by atoms with E-state index in [1.165, 1.54) is 11.3 Å². The molecular weight excluding hydrogens is 332 g/mol. The Morgan fingerprint density at radius 2 is 1.86 bits per heavy atom. The summed E-state index contributed by atoms with van der Waals surface area (Å²) in [7, 11) is 0. The number of carbonyl (C=O) groups is 2. The lowest BCUT2D eigenvalue weighted by atomic mass is 10.0. The summed E-state index contributed by atoms with van der Waals surface area (Å²) in [5.74, 6) is -0.166. The molecule has 4 nitrogen and oxygen atoms in total. The Hall–Kier alpha value is -1.20. The lowest BCUT2D eigenvalue weighted by molar-refractivity contribution is -0.123. The molecule has 2 atom stereocenters. The van der Waals surface area contributed by atoms with Crippen LogP contribution in [0.4, 0.5) is 5.69 Å². The van der Waals surface area contributed by atoms with Gasteiger partial charge in [-0.05, 0) is 50.6 Å². The summed E-state index contributed by atoms with van der Waals surface area (Å²) in [6.07, 6.45) is 3.74. The first-order chi connectivity index (χ1) is 10.1. The minimum atomic E-state index is -0.281. The van der Waals surface area contributed by atoms with Crippen LogP contribution in [0.2, 0.25) is 0 Å². The maximum absolute atomic E-state index is 12.7. The Kier molecular flexibility index (Phi) is 4.13. The van der Waals surface area contributed by atoms with Gasteiger partial charge in [0.25, 0.3) is 5.91 Å². The first-order valence-electron chi connectivity index (χ1n) is 7.46. The summed E-state index contributed by atoms with van der Waals surface area (Å²) in [4.78, 5) is 28.6. The number of halogens is 1. The van der Waals surface area contributed by atoms with Crippen molar-refractivity contribution in [2.24, 2.45) is 0 Å². The number of benzene rings is 1. The fraction of sp³-hybridized carbons (Fsp3) is 0.500. The van der Waals surface area contributed by atoms with Gasteiger partial charge < -0.3 is 0 Å². The van der Waals surface area contributed by atoms with Crippen LogP contribution < -0.4 is 4.90 Å². The maximum Gasteiger partial charge on any atom is 0.251 e. The van der Waals surface area contributed by atoms with Crippen molar-refractivity contribution in [3.8, 4) is 0 Å². The van der Waals surface area contributed by atoms with Gasteiger partial charge in [0.15, 0.2) is 0 Å². The third-order valence-electron chi connectivity index (χ3n) is 4.46. The number of carbonyl (C=O) groups excluding carboxylic acids is 2. The van der Waals surface area contributed by atoms with Gasteiger partial charge in [-0.15, -0.1) is 0 Å². The molecule has 2 aliphatic heterocycles. The van der Waals surface area contributed by atoms with E-state index in [4.69, 9.17) is 0 Å². The zero-order chi connectivity index (χ0) is 15.0. The van der Waals surface area contributed by atoms with Crippen molar-refractivity contribution in [1.29, 1.82) is 0 Å². The fourth-order valence-corrected chi connectivity index (χ4v) is 3.58. The molecule has 0 spiro atoms. The third-order valence-corrected chi connectivity index (χ3v) is 4.99. The van der Waals surface area contributed by atoms with Crippen LogP contribution in [0, 0.1) is 0 Å². The van der Waals surface area contributed by atoms with E-state index in [2.05, 4.69) is 27.8 Å². The molecule has 21 heavy (non-hydrogen) atoms. The van der Waals surface area contributed by atoms with Gasteiger partial charge in [0.05, 0.1) is 18.2 Å². The summed E-state index contributed by atoms with van der Waals surface area (Å²) in [6, 6.07) is 7.42. The molecule has 5 heteroatoms. The molecule has 2 aliphatic rings. The quantitative estimate of drug-likeness (QED) is 0.770. The topological polar surface area (TPSA) is 40.6 Å². The number of amides is 2. The second-order valence-electron chi connectivity index (χ2n) is 5.85. The molecule has 2 fully saturated rings. The van der Waals surface area contributed by atoms with Crippen molar-refractivity contribution >= 4 is 33.4 Å². The predicted octanol–water partition coefficient (Wildman–Crippen LogP) is 2.96. The molecule has 0 radical (unpaired) electrons. The number of hydrogen-bond donors (Lipinski definition) is 0. The van der Waals surface area contributed by atoms with Crippen LogP contribution in [-0.4, -0.2) is 35.3 Å². The summed E-state index contributed by atoms with van der Waals surface area (Å²) in [5.41, 5.74) is 0.667. The van der Waals surface area contributed by atoms with Crippen LogP contribution in [-0.2, 0) is 9.59 Å². The van der Waals surface area contributed by atoms with Gasteiger partial charge in [0.2, 0.25) is 5.91 Å². The molecule has 1 aromatic rings. The lowest BCUT2D eigenvalue weighted by Gasteiger charge is -2.36. The monoisotopic (exact) mass is 350 g/mol. The molecule has 0 aromatic heterocycles. The van der Waals surface area contributed by atoms with Gasteiger partial charge in [0, 0.05) is 10.5 Å². The summed E-state index contributed by atoms with van der Waals surface area (Å²) >= 11 is 3.37. The molecule has 0 unspecified atom stereocenters. The van der Waals surface area contributed by atoms with Crippen LogP contribution in [0.1, 0.15) is 32.6 Å². The Morgan fingerprint density at radius 3 is 2.52 bits per heavy atom. The minimum absolute atomic E-state index is 0.0731. The second-order valence-corrected chi connectivity index (χ2v) is 6.76. The van der Waals surface area contributed by atoms with E-state index in [1.54, 1.807) is 0 Å². The average Bonchev–Trinajstić information content (AvgIpc) is 2.76. The van der Waals surface area contributed by atoms with Crippen molar-refractivity contribution in [2.45, 2.75) is 44.7 Å². The molecule has 0 bridgehead atoms. The third kappa shape index (κ3) is 2.77. The molecule has 112 valence electrons. The van der Waals surface area contributed by atoms with Crippen LogP contribution in [0.25, 0.3) is 0 Å². The number of anilines is 1. The highest BCUT2D eigenvalue weighted by molar-refractivity contribution is 9.10. The van der Waals surface area contributed by atoms with Gasteiger partial charge in [-0.3, -0.25) is 14.5 Å². The van der Waals surface area contributed by atoms with E-state index in [0.29, 0.717) is 18.2 Å². The summed E-state index contributed by atoms with van der Waals surface area (Å²) in [6.45, 7) is 3.07. The van der Waals surface area contributed by atoms with Crippen LogP contribution in [0.5, 0.6) is 0 Å². The van der Waals surface area contributed by atoms with Crippen molar-refractivity contribution in [1.82, 2.24) is 4.90 Å². The zero-order valence-electron chi connectivity index (χ0n) is 12.1. The fourth-order valence-electron chi connectivity index (χ4n) is 3.32. The molecule has 1 aromatic carbocycles. The van der Waals surface area contributed by atoms with Crippen molar-refractivity contribution in [3.63, 3.8) is 0 Å². The van der Waals surface area contributed by atoms with Crippen molar-refractivity contribution < 1.29 is 9.59 Å². The smallest absolute Gasteiger partial charge is 0.251 e. The van der Waals surface area contributed by atoms with E-state index in [9.17, 15) is 9.59 Å². The highest BCUT2D eigenvalue weighted by Crippen LogP contribution is 2.30. The second kappa shape index (κ2) is 5.89. The van der Waals surface area contributed by atoms with E-state index >= 15 is 0 Å². The molecule has 2 amide bonds. The van der Waals surface area contributed by atoms with Gasteiger partial charge in [-0.2, -0.15) is 0 Å². The normalized spacial score (nSPS) is 27.4. The van der Waals surface area contributed by atoms with Gasteiger partial charge >= 0.3 is 0 Å². The molecule has 3 rings (SSSR count). The van der Waals surface area contributed by atoms with E-state index in [-0.39, 0.29) is 17.9 Å². The maximum atomic E-state index is 12.7. The number of rotatable bonds is 2. The Labute approximate surface area is 133 Å². The highest BCUT2D eigenvalue weighted by Gasteiger charge is 2.44. The Bertz CT molecular complexity index is 558. The van der Waals surface area contributed by atoms with E-state index in [1.807, 2.05) is 24.3 Å². The predicted molar refractivity (Wildman–Crippen MR) is 85.1 cm³/mol. The Balaban J connectivity index is 1.83. The summed E-state index contributed by atoms with van der Waals surface area (Å²) < 4.78 is 0.937. The standard InChI is InChI=1S/C16H19BrN2O2/c1-11-4-2-3-9-18(11)14-10-15(20)19(16(14)21)13-7-5-12(17)6-8-13/h5-8,11,14H,2-4,9-10H2,1H3/t11-,14+/m1/s1. The average molecular weight is 351 g/mol. The zero-order valence-corrected chi connectivity index (χ0v) is 13.7. The number of hydrogen-bond acceptors (Lipinski definition) is 3. The molecule has 2 heterocycles. The lowest BCUT2D eigenvalue weighted by Crippen LogP contribution is -2.48. The molecular formula is C16H19BrN2O2. The first kappa shape index (κ1) is 14.7. The van der Waals surface area contributed by atoms with E-state index in [0.717, 1.165) is 23.9 Å². The van der Waals surface area contributed by atoms with Crippen molar-refractivity contribution in [3.05, 3.63) is 28.7 Å². The van der Waals surface area contributed by atoms with E-state index < -0.39 is 0 Å². The Morgan fingerprint density at radius 1 is 1.14 bits per heavy atom. The number of imide groups is 1. The minimum Gasteiger partial charge on any atom is -0.289 e. The van der Waals surface area contributed by atoms with Crippen LogP contribution in [0.3, 0.4) is 0 Å². The number of nitrogens with zero attached hydrogens (tertiary/aromatic N) is 2. The first-order valence-corrected chi connectivity index (χ1v) is 8.25. The highest BCUT2D eigenvalue weighted by atomic mass is 79.9.